The number of aliphatic carboxylic acids is 1. The molecule has 8 heteroatoms. The van der Waals surface area contributed by atoms with E-state index in [4.69, 9.17) is 5.11 Å². The van der Waals surface area contributed by atoms with E-state index in [-0.39, 0.29) is 22.4 Å². The fourth-order valence-electron chi connectivity index (χ4n) is 1.98. The Balaban J connectivity index is 3.13. The van der Waals surface area contributed by atoms with Crippen molar-refractivity contribution in [3.05, 3.63) is 29.8 Å². The minimum Gasteiger partial charge on any atom is -0.480 e. The molecule has 0 spiro atoms. The van der Waals surface area contributed by atoms with E-state index in [2.05, 4.69) is 5.32 Å². The molecule has 7 nitrogen and oxygen atoms in total. The van der Waals surface area contributed by atoms with Gasteiger partial charge in [0.1, 0.15) is 6.04 Å². The van der Waals surface area contributed by atoms with Crippen LogP contribution in [0.25, 0.3) is 0 Å². The minimum atomic E-state index is -3.72. The fourth-order valence-corrected chi connectivity index (χ4v) is 3.39. The molecule has 0 fully saturated rings. The molecular formula is C16H24N2O5S. The number of carboxylic acid groups (broad SMARTS) is 1. The van der Waals surface area contributed by atoms with Crippen molar-refractivity contribution in [2.24, 2.45) is 5.92 Å². The molecule has 134 valence electrons. The summed E-state index contributed by atoms with van der Waals surface area (Å²) in [6.45, 7) is 6.84. The number of carboxylic acids is 1. The van der Waals surface area contributed by atoms with Crippen molar-refractivity contribution in [2.75, 3.05) is 7.05 Å². The van der Waals surface area contributed by atoms with Crippen LogP contribution in [0, 0.1) is 5.92 Å². The molecule has 0 aromatic heterocycles. The standard InChI is InChI=1S/C16H24N2O5S/c1-10(2)14(16(20)21)17-15(19)12-7-6-8-13(9-12)24(22,23)18(5)11(3)4/h6-11,14H,1-5H3,(H,17,19)(H,20,21). The summed E-state index contributed by atoms with van der Waals surface area (Å²) in [5, 5.41) is 11.6. The second-order valence-corrected chi connectivity index (χ2v) is 8.17. The minimum absolute atomic E-state index is 0.0113. The molecule has 0 radical (unpaired) electrons. The number of carbonyl (C=O) groups is 2. The van der Waals surface area contributed by atoms with Gasteiger partial charge in [0.05, 0.1) is 4.90 Å². The maximum atomic E-state index is 12.5. The third kappa shape index (κ3) is 4.55. The van der Waals surface area contributed by atoms with Crippen LogP contribution in [0.5, 0.6) is 0 Å². The first-order chi connectivity index (χ1) is 11.0. The van der Waals surface area contributed by atoms with Crippen molar-refractivity contribution in [3.8, 4) is 0 Å². The van der Waals surface area contributed by atoms with Crippen LogP contribution in [0.3, 0.4) is 0 Å². The molecule has 0 aliphatic heterocycles. The number of nitrogens with one attached hydrogen (secondary N) is 1. The Labute approximate surface area is 142 Å². The molecule has 1 rings (SSSR count). The predicted molar refractivity (Wildman–Crippen MR) is 90.3 cm³/mol. The number of nitrogens with zero attached hydrogens (tertiary/aromatic N) is 1. The topological polar surface area (TPSA) is 104 Å². The van der Waals surface area contributed by atoms with E-state index in [1.54, 1.807) is 27.7 Å². The van der Waals surface area contributed by atoms with Gasteiger partial charge in [0.15, 0.2) is 0 Å². The summed E-state index contributed by atoms with van der Waals surface area (Å²) in [7, 11) is -2.25. The van der Waals surface area contributed by atoms with Crippen molar-refractivity contribution in [2.45, 2.75) is 44.7 Å². The van der Waals surface area contributed by atoms with Gasteiger partial charge in [-0.05, 0) is 38.0 Å². The molecule has 2 N–H and O–H groups in total. The predicted octanol–water partition coefficient (Wildman–Crippen LogP) is 1.55. The molecule has 24 heavy (non-hydrogen) atoms. The van der Waals surface area contributed by atoms with Gasteiger partial charge >= 0.3 is 5.97 Å². The second-order valence-electron chi connectivity index (χ2n) is 6.18. The molecule has 0 saturated heterocycles. The first kappa shape index (κ1) is 20.1. The molecule has 1 unspecified atom stereocenters. The lowest BCUT2D eigenvalue weighted by Crippen LogP contribution is -2.44. The summed E-state index contributed by atoms with van der Waals surface area (Å²) in [5.41, 5.74) is 0.0973. The largest absolute Gasteiger partial charge is 0.480 e. The maximum absolute atomic E-state index is 12.5. The lowest BCUT2D eigenvalue weighted by atomic mass is 10.0. The third-order valence-electron chi connectivity index (χ3n) is 3.72. The van der Waals surface area contributed by atoms with Gasteiger partial charge in [-0.15, -0.1) is 0 Å². The van der Waals surface area contributed by atoms with E-state index >= 15 is 0 Å². The van der Waals surface area contributed by atoms with Crippen molar-refractivity contribution in [1.82, 2.24) is 9.62 Å². The number of carbonyl (C=O) groups excluding carboxylic acids is 1. The maximum Gasteiger partial charge on any atom is 0.326 e. The van der Waals surface area contributed by atoms with Gasteiger partial charge in [0.25, 0.3) is 5.91 Å². The Bertz CT molecular complexity index is 713. The van der Waals surface area contributed by atoms with Gasteiger partial charge in [0.2, 0.25) is 10.0 Å². The summed E-state index contributed by atoms with van der Waals surface area (Å²) in [4.78, 5) is 23.4. The molecule has 1 amide bonds. The molecule has 1 aromatic carbocycles. The number of rotatable bonds is 7. The van der Waals surface area contributed by atoms with Gasteiger partial charge in [-0.1, -0.05) is 19.9 Å². The molecule has 1 aromatic rings. The second kappa shape index (κ2) is 7.76. The quantitative estimate of drug-likeness (QED) is 0.771. The molecule has 0 aliphatic rings. The first-order valence-electron chi connectivity index (χ1n) is 7.60. The van der Waals surface area contributed by atoms with Crippen molar-refractivity contribution < 1.29 is 23.1 Å². The van der Waals surface area contributed by atoms with Crippen LogP contribution in [0.1, 0.15) is 38.1 Å². The van der Waals surface area contributed by atoms with E-state index in [0.29, 0.717) is 0 Å². The van der Waals surface area contributed by atoms with Crippen LogP contribution in [0.4, 0.5) is 0 Å². The highest BCUT2D eigenvalue weighted by molar-refractivity contribution is 7.89. The van der Waals surface area contributed by atoms with Crippen LogP contribution >= 0.6 is 0 Å². The molecule has 0 aliphatic carbocycles. The molecular weight excluding hydrogens is 332 g/mol. The summed E-state index contributed by atoms with van der Waals surface area (Å²) in [6, 6.07) is 4.29. The Morgan fingerprint density at radius 1 is 1.17 bits per heavy atom. The molecule has 0 heterocycles. The van der Waals surface area contributed by atoms with Gasteiger partial charge in [-0.3, -0.25) is 4.79 Å². The fraction of sp³-hybridized carbons (Fsp3) is 0.500. The highest BCUT2D eigenvalue weighted by atomic mass is 32.2. The Hall–Kier alpha value is -1.93. The van der Waals surface area contributed by atoms with E-state index < -0.39 is 27.9 Å². The van der Waals surface area contributed by atoms with Gasteiger partial charge in [-0.2, -0.15) is 4.31 Å². The SMILES string of the molecule is CC(C)C(NC(=O)c1cccc(S(=O)(=O)N(C)C(C)C)c1)C(=O)O. The smallest absolute Gasteiger partial charge is 0.326 e. The zero-order valence-electron chi connectivity index (χ0n) is 14.5. The zero-order valence-corrected chi connectivity index (χ0v) is 15.3. The van der Waals surface area contributed by atoms with Gasteiger partial charge in [-0.25, -0.2) is 13.2 Å². The van der Waals surface area contributed by atoms with Crippen molar-refractivity contribution in [3.63, 3.8) is 0 Å². The van der Waals surface area contributed by atoms with E-state index in [1.807, 2.05) is 0 Å². The van der Waals surface area contributed by atoms with Crippen LogP contribution < -0.4 is 5.32 Å². The van der Waals surface area contributed by atoms with Crippen molar-refractivity contribution >= 4 is 21.9 Å². The van der Waals surface area contributed by atoms with Crippen LogP contribution in [0.2, 0.25) is 0 Å². The average Bonchev–Trinajstić information content (AvgIpc) is 2.50. The molecule has 0 bridgehead atoms. The third-order valence-corrected chi connectivity index (χ3v) is 5.75. The summed E-state index contributed by atoms with van der Waals surface area (Å²) in [5.74, 6) is -2.06. The molecule has 0 saturated carbocycles. The van der Waals surface area contributed by atoms with E-state index in [9.17, 15) is 18.0 Å². The lowest BCUT2D eigenvalue weighted by molar-refractivity contribution is -0.140. The first-order valence-corrected chi connectivity index (χ1v) is 9.04. The number of sulfonamides is 1. The van der Waals surface area contributed by atoms with Gasteiger partial charge < -0.3 is 10.4 Å². The van der Waals surface area contributed by atoms with Gasteiger partial charge in [0, 0.05) is 18.7 Å². The Morgan fingerprint density at radius 2 is 1.75 bits per heavy atom. The monoisotopic (exact) mass is 356 g/mol. The lowest BCUT2D eigenvalue weighted by Gasteiger charge is -2.21. The van der Waals surface area contributed by atoms with Crippen LogP contribution in [-0.2, 0) is 14.8 Å². The average molecular weight is 356 g/mol. The summed E-state index contributed by atoms with van der Waals surface area (Å²) in [6.07, 6.45) is 0. The van der Waals surface area contributed by atoms with Crippen molar-refractivity contribution in [1.29, 1.82) is 0 Å². The highest BCUT2D eigenvalue weighted by Gasteiger charge is 2.26. The Kier molecular flexibility index (Phi) is 6.50. The molecule has 1 atom stereocenters. The van der Waals surface area contributed by atoms with E-state index in [1.165, 1.54) is 35.6 Å². The normalized spacial score (nSPS) is 13.3. The van der Waals surface area contributed by atoms with E-state index in [0.717, 1.165) is 0 Å². The summed E-state index contributed by atoms with van der Waals surface area (Å²) >= 11 is 0. The zero-order chi connectivity index (χ0) is 18.7. The number of amides is 1. The summed E-state index contributed by atoms with van der Waals surface area (Å²) < 4.78 is 26.2. The van der Waals surface area contributed by atoms with Crippen LogP contribution in [0.15, 0.2) is 29.2 Å². The number of hydrogen-bond acceptors (Lipinski definition) is 4. The number of hydrogen-bond donors (Lipinski definition) is 2. The highest BCUT2D eigenvalue weighted by Crippen LogP contribution is 2.18. The van der Waals surface area contributed by atoms with Crippen LogP contribution in [-0.4, -0.2) is 48.8 Å². The Morgan fingerprint density at radius 3 is 2.21 bits per heavy atom. The number of benzene rings is 1.